The molecule has 0 bridgehead atoms. The van der Waals surface area contributed by atoms with Gasteiger partial charge in [0.05, 0.1) is 16.6 Å². The van der Waals surface area contributed by atoms with Crippen LogP contribution in [0.15, 0.2) is 22.9 Å². The number of carbonyl (C=O) groups excluding carboxylic acids is 1. The molecule has 0 aliphatic carbocycles. The normalized spacial score (nSPS) is 10.4. The molecule has 0 amide bonds. The topological polar surface area (TPSA) is 43.1 Å². The Morgan fingerprint density at radius 3 is 2.86 bits per heavy atom. The van der Waals surface area contributed by atoms with Gasteiger partial charge in [-0.3, -0.25) is 4.79 Å². The number of hydrogen-bond acceptors (Lipinski definition) is 4. The van der Waals surface area contributed by atoms with E-state index >= 15 is 0 Å². The van der Waals surface area contributed by atoms with Gasteiger partial charge in [0.1, 0.15) is 0 Å². The van der Waals surface area contributed by atoms with Crippen LogP contribution in [0.25, 0.3) is 10.6 Å². The average Bonchev–Trinajstić information content (AvgIpc) is 2.70. The Bertz CT molecular complexity index is 470. The zero-order valence-corrected chi connectivity index (χ0v) is 8.72. The number of aromatic nitrogens is 1. The lowest BCUT2D eigenvalue weighted by molar-refractivity contribution is 0.101. The van der Waals surface area contributed by atoms with Gasteiger partial charge in [0.2, 0.25) is 0 Å². The zero-order valence-electron chi connectivity index (χ0n) is 7.90. The van der Waals surface area contributed by atoms with Gasteiger partial charge in [0, 0.05) is 4.88 Å². The smallest absolute Gasteiger partial charge is 0.187 e. The molecule has 0 aliphatic rings. The molecule has 0 saturated heterocycles. The second-order valence-electron chi connectivity index (χ2n) is 3.04. The third kappa shape index (κ3) is 1.48. The standard InChI is InChI=1S/C10H9NO2S/c1-6-3-4-9(14-6)10-8(7(2)12)5-11-13-10/h3-5H,1-2H3. The van der Waals surface area contributed by atoms with E-state index in [-0.39, 0.29) is 5.78 Å². The quantitative estimate of drug-likeness (QED) is 0.711. The zero-order chi connectivity index (χ0) is 10.1. The van der Waals surface area contributed by atoms with Crippen LogP contribution in [0.5, 0.6) is 0 Å². The average molecular weight is 207 g/mol. The number of rotatable bonds is 2. The number of aryl methyl sites for hydroxylation is 1. The van der Waals surface area contributed by atoms with E-state index < -0.39 is 0 Å². The summed E-state index contributed by atoms with van der Waals surface area (Å²) in [5, 5.41) is 3.64. The fourth-order valence-corrected chi connectivity index (χ4v) is 2.08. The van der Waals surface area contributed by atoms with Gasteiger partial charge in [0.25, 0.3) is 0 Å². The van der Waals surface area contributed by atoms with Crippen molar-refractivity contribution in [3.63, 3.8) is 0 Å². The van der Waals surface area contributed by atoms with Gasteiger partial charge in [-0.05, 0) is 26.0 Å². The van der Waals surface area contributed by atoms with Gasteiger partial charge in [0.15, 0.2) is 11.5 Å². The summed E-state index contributed by atoms with van der Waals surface area (Å²) in [6, 6.07) is 3.93. The van der Waals surface area contributed by atoms with Crippen LogP contribution in [0.3, 0.4) is 0 Å². The summed E-state index contributed by atoms with van der Waals surface area (Å²) in [6.07, 6.45) is 1.46. The summed E-state index contributed by atoms with van der Waals surface area (Å²) in [4.78, 5) is 13.3. The van der Waals surface area contributed by atoms with E-state index in [1.54, 1.807) is 11.3 Å². The van der Waals surface area contributed by atoms with Crippen molar-refractivity contribution in [2.45, 2.75) is 13.8 Å². The Balaban J connectivity index is 2.51. The van der Waals surface area contributed by atoms with Crippen molar-refractivity contribution in [1.29, 1.82) is 0 Å². The van der Waals surface area contributed by atoms with E-state index in [0.717, 1.165) is 4.88 Å². The first-order valence-electron chi connectivity index (χ1n) is 4.21. The van der Waals surface area contributed by atoms with Crippen molar-refractivity contribution in [2.75, 3.05) is 0 Å². The molecule has 0 aliphatic heterocycles. The first kappa shape index (κ1) is 9.15. The van der Waals surface area contributed by atoms with Crippen molar-refractivity contribution in [1.82, 2.24) is 5.16 Å². The molecule has 0 unspecified atom stereocenters. The molecule has 0 aromatic carbocycles. The van der Waals surface area contributed by atoms with Crippen LogP contribution in [-0.4, -0.2) is 10.9 Å². The predicted molar refractivity (Wildman–Crippen MR) is 54.6 cm³/mol. The number of hydrogen-bond donors (Lipinski definition) is 0. The van der Waals surface area contributed by atoms with Crippen LogP contribution in [0, 0.1) is 6.92 Å². The molecule has 72 valence electrons. The maximum absolute atomic E-state index is 11.2. The van der Waals surface area contributed by atoms with Gasteiger partial charge in [-0.25, -0.2) is 0 Å². The minimum Gasteiger partial charge on any atom is -0.355 e. The van der Waals surface area contributed by atoms with E-state index in [0.29, 0.717) is 11.3 Å². The second kappa shape index (κ2) is 3.38. The Morgan fingerprint density at radius 2 is 2.29 bits per heavy atom. The molecule has 0 saturated carbocycles. The van der Waals surface area contributed by atoms with Crippen LogP contribution in [0.2, 0.25) is 0 Å². The van der Waals surface area contributed by atoms with Crippen LogP contribution in [0.1, 0.15) is 22.2 Å². The largest absolute Gasteiger partial charge is 0.355 e. The summed E-state index contributed by atoms with van der Waals surface area (Å²) in [7, 11) is 0. The SMILES string of the molecule is CC(=O)c1cnoc1-c1ccc(C)s1. The van der Waals surface area contributed by atoms with Crippen LogP contribution >= 0.6 is 11.3 Å². The Labute approximate surface area is 85.4 Å². The molecule has 0 spiro atoms. The Hall–Kier alpha value is -1.42. The summed E-state index contributed by atoms with van der Waals surface area (Å²) < 4.78 is 5.06. The summed E-state index contributed by atoms with van der Waals surface area (Å²) in [6.45, 7) is 3.52. The molecular formula is C10H9NO2S. The first-order chi connectivity index (χ1) is 6.68. The molecule has 2 aromatic heterocycles. The minimum atomic E-state index is -0.0210. The summed E-state index contributed by atoms with van der Waals surface area (Å²) >= 11 is 1.59. The highest BCUT2D eigenvalue weighted by Crippen LogP contribution is 2.30. The maximum atomic E-state index is 11.2. The third-order valence-corrected chi connectivity index (χ3v) is 2.91. The second-order valence-corrected chi connectivity index (χ2v) is 4.32. The first-order valence-corrected chi connectivity index (χ1v) is 5.02. The van der Waals surface area contributed by atoms with E-state index in [1.165, 1.54) is 18.0 Å². The molecule has 2 aromatic rings. The molecule has 14 heavy (non-hydrogen) atoms. The van der Waals surface area contributed by atoms with Crippen molar-refractivity contribution >= 4 is 17.1 Å². The third-order valence-electron chi connectivity index (χ3n) is 1.91. The van der Waals surface area contributed by atoms with Crippen LogP contribution in [-0.2, 0) is 0 Å². The predicted octanol–water partition coefficient (Wildman–Crippen LogP) is 2.91. The van der Waals surface area contributed by atoms with Gasteiger partial charge in [-0.2, -0.15) is 0 Å². The highest BCUT2D eigenvalue weighted by atomic mass is 32.1. The number of nitrogens with zero attached hydrogens (tertiary/aromatic N) is 1. The van der Waals surface area contributed by atoms with Crippen LogP contribution < -0.4 is 0 Å². The van der Waals surface area contributed by atoms with Crippen LogP contribution in [0.4, 0.5) is 0 Å². The number of ketones is 1. The fourth-order valence-electron chi connectivity index (χ4n) is 1.22. The minimum absolute atomic E-state index is 0.0210. The van der Waals surface area contributed by atoms with E-state index in [2.05, 4.69) is 5.16 Å². The molecule has 0 fully saturated rings. The van der Waals surface area contributed by atoms with Gasteiger partial charge in [-0.1, -0.05) is 5.16 Å². The van der Waals surface area contributed by atoms with E-state index in [4.69, 9.17) is 4.52 Å². The van der Waals surface area contributed by atoms with Gasteiger partial charge < -0.3 is 4.52 Å². The number of carbonyl (C=O) groups is 1. The fraction of sp³-hybridized carbons (Fsp3) is 0.200. The van der Waals surface area contributed by atoms with Crippen molar-refractivity contribution < 1.29 is 9.32 Å². The Kier molecular flexibility index (Phi) is 2.21. The molecule has 0 atom stereocenters. The van der Waals surface area contributed by atoms with Crippen molar-refractivity contribution in [2.24, 2.45) is 0 Å². The van der Waals surface area contributed by atoms with Crippen molar-refractivity contribution in [3.05, 3.63) is 28.8 Å². The lowest BCUT2D eigenvalue weighted by atomic mass is 10.2. The van der Waals surface area contributed by atoms with Gasteiger partial charge in [-0.15, -0.1) is 11.3 Å². The number of thiophene rings is 1. The summed E-state index contributed by atoms with van der Waals surface area (Å²) in [5.41, 5.74) is 0.548. The highest BCUT2D eigenvalue weighted by Gasteiger charge is 2.15. The molecule has 0 radical (unpaired) electrons. The van der Waals surface area contributed by atoms with Crippen molar-refractivity contribution in [3.8, 4) is 10.6 Å². The van der Waals surface area contributed by atoms with Gasteiger partial charge >= 0.3 is 0 Å². The lowest BCUT2D eigenvalue weighted by Crippen LogP contribution is -1.90. The summed E-state index contributed by atoms with van der Waals surface area (Å²) in [5.74, 6) is 0.558. The lowest BCUT2D eigenvalue weighted by Gasteiger charge is -1.91. The van der Waals surface area contributed by atoms with E-state index in [9.17, 15) is 4.79 Å². The molecule has 0 N–H and O–H groups in total. The molecule has 2 heterocycles. The van der Waals surface area contributed by atoms with E-state index in [1.807, 2.05) is 19.1 Å². The molecule has 2 rings (SSSR count). The molecule has 4 heteroatoms. The maximum Gasteiger partial charge on any atom is 0.187 e. The number of Topliss-reactive ketones (excluding diaryl/α,β-unsaturated/α-hetero) is 1. The Morgan fingerprint density at radius 1 is 1.50 bits per heavy atom. The monoisotopic (exact) mass is 207 g/mol. The molecule has 3 nitrogen and oxygen atoms in total. The highest BCUT2D eigenvalue weighted by molar-refractivity contribution is 7.15. The molecular weight excluding hydrogens is 198 g/mol.